The quantitative estimate of drug-likeness (QED) is 0.880. The van der Waals surface area contributed by atoms with Crippen molar-refractivity contribution in [2.75, 3.05) is 5.32 Å². The molecule has 4 nitrogen and oxygen atoms in total. The van der Waals surface area contributed by atoms with Gasteiger partial charge in [0.25, 0.3) is 0 Å². The largest absolute Gasteiger partial charge is 0.328 e. The molecule has 2 unspecified atom stereocenters. The molecule has 4 heteroatoms. The lowest BCUT2D eigenvalue weighted by Crippen LogP contribution is -2.23. The Kier molecular flexibility index (Phi) is 3.40. The molecule has 1 amide bonds. The fraction of sp³-hybridized carbons (Fsp3) is 0.375. The van der Waals surface area contributed by atoms with Crippen molar-refractivity contribution in [3.8, 4) is 0 Å². The summed E-state index contributed by atoms with van der Waals surface area (Å²) in [6, 6.07) is 10.0. The molecular formula is C16H19N3O. The highest BCUT2D eigenvalue weighted by Gasteiger charge is 2.28. The van der Waals surface area contributed by atoms with Gasteiger partial charge in [-0.1, -0.05) is 18.2 Å². The topological polar surface area (TPSA) is 68.0 Å². The Hall–Kier alpha value is -1.94. The van der Waals surface area contributed by atoms with Gasteiger partial charge >= 0.3 is 0 Å². The van der Waals surface area contributed by atoms with Crippen LogP contribution >= 0.6 is 0 Å². The van der Waals surface area contributed by atoms with Gasteiger partial charge in [-0.3, -0.25) is 9.78 Å². The lowest BCUT2D eigenvalue weighted by atomic mass is 10.1. The Balaban J connectivity index is 1.87. The van der Waals surface area contributed by atoms with E-state index in [1.165, 1.54) is 0 Å². The van der Waals surface area contributed by atoms with Crippen LogP contribution in [0.1, 0.15) is 25.0 Å². The number of anilines is 1. The van der Waals surface area contributed by atoms with Gasteiger partial charge in [-0.2, -0.15) is 0 Å². The summed E-state index contributed by atoms with van der Waals surface area (Å²) in [5.74, 6) is 0.0961. The van der Waals surface area contributed by atoms with E-state index in [-0.39, 0.29) is 17.9 Å². The van der Waals surface area contributed by atoms with Gasteiger partial charge in [0.1, 0.15) is 0 Å². The third-order valence-electron chi connectivity index (χ3n) is 3.96. The minimum Gasteiger partial charge on any atom is -0.328 e. The number of para-hydroxylation sites is 1. The molecule has 2 aromatic rings. The van der Waals surface area contributed by atoms with Crippen LogP contribution in [-0.4, -0.2) is 16.9 Å². The van der Waals surface area contributed by atoms with Crippen molar-refractivity contribution in [3.63, 3.8) is 0 Å². The molecular weight excluding hydrogens is 250 g/mol. The summed E-state index contributed by atoms with van der Waals surface area (Å²) >= 11 is 0. The van der Waals surface area contributed by atoms with E-state index in [0.717, 1.165) is 41.5 Å². The summed E-state index contributed by atoms with van der Waals surface area (Å²) in [4.78, 5) is 16.8. The predicted molar refractivity (Wildman–Crippen MR) is 80.4 cm³/mol. The monoisotopic (exact) mass is 269 g/mol. The van der Waals surface area contributed by atoms with Crippen LogP contribution in [0.3, 0.4) is 0 Å². The zero-order chi connectivity index (χ0) is 14.1. The third kappa shape index (κ3) is 2.51. The lowest BCUT2D eigenvalue weighted by Gasteiger charge is -2.12. The number of rotatable bonds is 2. The van der Waals surface area contributed by atoms with Gasteiger partial charge in [0.15, 0.2) is 0 Å². The van der Waals surface area contributed by atoms with E-state index in [4.69, 9.17) is 5.73 Å². The molecule has 3 N–H and O–H groups in total. The smallest absolute Gasteiger partial charge is 0.227 e. The summed E-state index contributed by atoms with van der Waals surface area (Å²) in [5.41, 5.74) is 8.46. The number of carbonyl (C=O) groups is 1. The summed E-state index contributed by atoms with van der Waals surface area (Å²) in [5, 5.41) is 4.06. The summed E-state index contributed by atoms with van der Waals surface area (Å²) in [7, 11) is 0. The van der Waals surface area contributed by atoms with E-state index >= 15 is 0 Å². The number of hydrogen-bond acceptors (Lipinski definition) is 3. The molecule has 1 heterocycles. The standard InChI is InChI=1S/C16H19N3O/c1-10-5-6-11-3-2-4-14(15(11)18-10)19-16(20)12-7-8-13(17)9-12/h2-6,12-13H,7-9,17H2,1H3,(H,19,20). The molecule has 3 rings (SSSR count). The van der Waals surface area contributed by atoms with E-state index in [0.29, 0.717) is 0 Å². The Morgan fingerprint density at radius 3 is 2.90 bits per heavy atom. The van der Waals surface area contributed by atoms with E-state index in [9.17, 15) is 4.79 Å². The van der Waals surface area contributed by atoms with Gasteiger partial charge in [0.2, 0.25) is 5.91 Å². The van der Waals surface area contributed by atoms with Gasteiger partial charge < -0.3 is 11.1 Å². The second-order valence-corrected chi connectivity index (χ2v) is 5.59. The number of amides is 1. The van der Waals surface area contributed by atoms with Gasteiger partial charge in [-0.15, -0.1) is 0 Å². The van der Waals surface area contributed by atoms with Crippen LogP contribution in [0.25, 0.3) is 10.9 Å². The Bertz CT molecular complexity index is 653. The zero-order valence-electron chi connectivity index (χ0n) is 11.6. The van der Waals surface area contributed by atoms with E-state index in [1.54, 1.807) is 0 Å². The predicted octanol–water partition coefficient (Wildman–Crippen LogP) is 2.61. The first-order valence-corrected chi connectivity index (χ1v) is 7.06. The second kappa shape index (κ2) is 5.21. The molecule has 0 radical (unpaired) electrons. The highest BCUT2D eigenvalue weighted by molar-refractivity contribution is 6.01. The van der Waals surface area contributed by atoms with Crippen molar-refractivity contribution in [1.29, 1.82) is 0 Å². The minimum atomic E-state index is 0.0325. The lowest BCUT2D eigenvalue weighted by molar-refractivity contribution is -0.119. The maximum atomic E-state index is 12.3. The Labute approximate surface area is 118 Å². The maximum absolute atomic E-state index is 12.3. The van der Waals surface area contributed by atoms with Gasteiger partial charge in [0, 0.05) is 23.0 Å². The maximum Gasteiger partial charge on any atom is 0.227 e. The van der Waals surface area contributed by atoms with Crippen LogP contribution in [0.15, 0.2) is 30.3 Å². The molecule has 1 aliphatic rings. The number of pyridine rings is 1. The number of hydrogen-bond donors (Lipinski definition) is 2. The highest BCUT2D eigenvalue weighted by atomic mass is 16.1. The molecule has 0 aliphatic heterocycles. The zero-order valence-corrected chi connectivity index (χ0v) is 11.6. The van der Waals surface area contributed by atoms with E-state index < -0.39 is 0 Å². The second-order valence-electron chi connectivity index (χ2n) is 5.59. The number of fused-ring (bicyclic) bond motifs is 1. The van der Waals surface area contributed by atoms with Crippen LogP contribution in [0.4, 0.5) is 5.69 Å². The molecule has 0 bridgehead atoms. The fourth-order valence-corrected chi connectivity index (χ4v) is 2.83. The SMILES string of the molecule is Cc1ccc2cccc(NC(=O)C3CCC(N)C3)c2n1. The number of carbonyl (C=O) groups excluding carboxylic acids is 1. The average Bonchev–Trinajstić information content (AvgIpc) is 2.86. The van der Waals surface area contributed by atoms with Crippen LogP contribution < -0.4 is 11.1 Å². The van der Waals surface area contributed by atoms with Crippen molar-refractivity contribution in [1.82, 2.24) is 4.98 Å². The first-order chi connectivity index (χ1) is 9.63. The summed E-state index contributed by atoms with van der Waals surface area (Å²) < 4.78 is 0. The molecule has 1 aliphatic carbocycles. The number of nitrogens with two attached hydrogens (primary N) is 1. The van der Waals surface area contributed by atoms with Crippen molar-refractivity contribution >= 4 is 22.5 Å². The number of aromatic nitrogens is 1. The fourth-order valence-electron chi connectivity index (χ4n) is 2.83. The average molecular weight is 269 g/mol. The van der Waals surface area contributed by atoms with E-state index in [1.807, 2.05) is 37.3 Å². The first kappa shape index (κ1) is 13.1. The van der Waals surface area contributed by atoms with Gasteiger partial charge in [-0.05, 0) is 38.3 Å². The first-order valence-electron chi connectivity index (χ1n) is 7.06. The van der Waals surface area contributed by atoms with Gasteiger partial charge in [0.05, 0.1) is 11.2 Å². The molecule has 0 saturated heterocycles. The van der Waals surface area contributed by atoms with Crippen LogP contribution in [0.5, 0.6) is 0 Å². The number of benzene rings is 1. The molecule has 104 valence electrons. The number of aryl methyl sites for hydroxylation is 1. The normalized spacial score (nSPS) is 22.1. The van der Waals surface area contributed by atoms with Crippen LogP contribution in [-0.2, 0) is 4.79 Å². The number of nitrogens with one attached hydrogen (secondary N) is 1. The van der Waals surface area contributed by atoms with Crippen molar-refractivity contribution in [2.24, 2.45) is 11.7 Å². The molecule has 1 fully saturated rings. The van der Waals surface area contributed by atoms with Crippen molar-refractivity contribution in [2.45, 2.75) is 32.2 Å². The number of nitrogens with zero attached hydrogens (tertiary/aromatic N) is 1. The van der Waals surface area contributed by atoms with E-state index in [2.05, 4.69) is 10.3 Å². The molecule has 0 spiro atoms. The molecule has 1 saturated carbocycles. The van der Waals surface area contributed by atoms with Crippen LogP contribution in [0, 0.1) is 12.8 Å². The van der Waals surface area contributed by atoms with Gasteiger partial charge in [-0.25, -0.2) is 0 Å². The minimum absolute atomic E-state index is 0.0325. The highest BCUT2D eigenvalue weighted by Crippen LogP contribution is 2.27. The summed E-state index contributed by atoms with van der Waals surface area (Å²) in [6.45, 7) is 1.95. The molecule has 1 aromatic heterocycles. The molecule has 2 atom stereocenters. The Morgan fingerprint density at radius 1 is 1.30 bits per heavy atom. The van der Waals surface area contributed by atoms with Crippen molar-refractivity contribution in [3.05, 3.63) is 36.0 Å². The van der Waals surface area contributed by atoms with Crippen LogP contribution in [0.2, 0.25) is 0 Å². The Morgan fingerprint density at radius 2 is 2.15 bits per heavy atom. The summed E-state index contributed by atoms with van der Waals surface area (Å²) in [6.07, 6.45) is 2.60. The molecule has 1 aromatic carbocycles. The van der Waals surface area contributed by atoms with Crippen molar-refractivity contribution < 1.29 is 4.79 Å². The third-order valence-corrected chi connectivity index (χ3v) is 3.96. The molecule has 20 heavy (non-hydrogen) atoms.